The normalized spacial score (nSPS) is 17.0. The number of ether oxygens (including phenoxy) is 1. The Bertz CT molecular complexity index is 977. The van der Waals surface area contributed by atoms with Crippen molar-refractivity contribution in [3.8, 4) is 0 Å². The van der Waals surface area contributed by atoms with Gasteiger partial charge in [0.2, 0.25) is 11.8 Å². The predicted octanol–water partition coefficient (Wildman–Crippen LogP) is 1.07. The molecule has 1 aromatic rings. The monoisotopic (exact) mass is 584 g/mol. The fraction of sp³-hybridized carbons (Fsp3) is 0.542. The molecule has 0 saturated carbocycles. The van der Waals surface area contributed by atoms with Crippen molar-refractivity contribution < 1.29 is 28.3 Å². The number of hydrogen-bond donors (Lipinski definition) is 5. The van der Waals surface area contributed by atoms with Crippen LogP contribution in [0.25, 0.3) is 0 Å². The first-order chi connectivity index (χ1) is 17.5. The van der Waals surface area contributed by atoms with Gasteiger partial charge in [0.1, 0.15) is 25.5 Å². The van der Waals surface area contributed by atoms with Crippen LogP contribution in [0.1, 0.15) is 43.5 Å². The Kier molecular flexibility index (Phi) is 11.9. The number of nitrogens with one attached hydrogen (secondary N) is 4. The second kappa shape index (κ2) is 14.6. The van der Waals surface area contributed by atoms with Crippen LogP contribution in [-0.4, -0.2) is 79.0 Å². The quantitative estimate of drug-likeness (QED) is 0.139. The molecule has 0 aliphatic carbocycles. The number of Topliss-reactive ketones (excluding diaryl/α,β-unsaturated/α-hetero) is 1. The van der Waals surface area contributed by atoms with E-state index in [0.29, 0.717) is 12.0 Å². The molecule has 1 saturated heterocycles. The molecule has 0 aromatic heterocycles. The molecule has 13 heteroatoms. The smallest absolute Gasteiger partial charge is 0.251 e. The lowest BCUT2D eigenvalue weighted by atomic mass is 9.99. The van der Waals surface area contributed by atoms with E-state index >= 15 is 0 Å². The summed E-state index contributed by atoms with van der Waals surface area (Å²) >= 11 is 3.31. The summed E-state index contributed by atoms with van der Waals surface area (Å²) < 4.78 is 19.4. The second-order valence-electron chi connectivity index (χ2n) is 9.00. The Hall–Kier alpha value is -3.06. The van der Waals surface area contributed by atoms with Gasteiger partial charge in [-0.2, -0.15) is 0 Å². The van der Waals surface area contributed by atoms with Crippen molar-refractivity contribution in [1.82, 2.24) is 20.9 Å². The van der Waals surface area contributed by atoms with Crippen LogP contribution < -0.4 is 21.7 Å². The molecule has 3 atom stereocenters. The average molecular weight is 585 g/mol. The third-order valence-corrected chi connectivity index (χ3v) is 6.40. The minimum Gasteiger partial charge on any atom is -0.370 e. The molecule has 37 heavy (non-hydrogen) atoms. The zero-order valence-electron chi connectivity index (χ0n) is 20.9. The van der Waals surface area contributed by atoms with Crippen LogP contribution >= 0.6 is 15.9 Å². The molecule has 0 unspecified atom stereocenters. The van der Waals surface area contributed by atoms with Crippen molar-refractivity contribution in [2.75, 3.05) is 26.6 Å². The predicted molar refractivity (Wildman–Crippen MR) is 138 cm³/mol. The minimum absolute atomic E-state index is 0.129. The number of ketones is 1. The van der Waals surface area contributed by atoms with Gasteiger partial charge >= 0.3 is 0 Å². The highest BCUT2D eigenvalue weighted by Gasteiger charge is 2.38. The molecule has 204 valence electrons. The molecule has 1 heterocycles. The second-order valence-corrected chi connectivity index (χ2v) is 9.91. The number of nitrogens with zero attached hydrogens (tertiary/aromatic N) is 1. The van der Waals surface area contributed by atoms with Gasteiger partial charge in [0, 0.05) is 23.0 Å². The highest BCUT2D eigenvalue weighted by molar-refractivity contribution is 9.10. The summed E-state index contributed by atoms with van der Waals surface area (Å²) in [5, 5.41) is 15.1. The maximum absolute atomic E-state index is 13.5. The van der Waals surface area contributed by atoms with Crippen molar-refractivity contribution in [2.24, 2.45) is 11.7 Å². The molecule has 2 rings (SSSR count). The molecule has 1 fully saturated rings. The summed E-state index contributed by atoms with van der Waals surface area (Å²) in [6, 6.07) is 3.68. The molecular weight excluding hydrogens is 551 g/mol. The zero-order chi connectivity index (χ0) is 27.5. The Morgan fingerprint density at radius 1 is 1.22 bits per heavy atom. The van der Waals surface area contributed by atoms with Crippen LogP contribution in [0.15, 0.2) is 28.7 Å². The van der Waals surface area contributed by atoms with Gasteiger partial charge < -0.3 is 31.3 Å². The standard InChI is InChI=1S/C24H34BrFN6O5/c1-14(2)20(31-21(34)15-5-7-16(25)8-6-15)23(36)32-13-37-11-9-18(32)22(35)30-17(19(33)12-26)4-3-10-29-24(27)28/h5-8,14,17-18,20H,3-4,9-13H2,1-2H3,(H,30,35)(H,31,34)(H4,27,28,29)/t17-,18-,20-/m0/s1. The first-order valence-corrected chi connectivity index (χ1v) is 12.8. The van der Waals surface area contributed by atoms with Crippen LogP contribution in [-0.2, 0) is 19.1 Å². The number of carbonyl (C=O) groups is 4. The number of halogens is 2. The lowest BCUT2D eigenvalue weighted by Gasteiger charge is -2.38. The maximum Gasteiger partial charge on any atom is 0.251 e. The third kappa shape index (κ3) is 9.08. The van der Waals surface area contributed by atoms with Gasteiger partial charge in [-0.05, 0) is 43.0 Å². The highest BCUT2D eigenvalue weighted by atomic mass is 79.9. The van der Waals surface area contributed by atoms with E-state index in [1.807, 2.05) is 0 Å². The first kappa shape index (κ1) is 30.2. The number of carbonyl (C=O) groups excluding carboxylic acids is 4. The molecule has 6 N–H and O–H groups in total. The molecule has 3 amide bonds. The fourth-order valence-electron chi connectivity index (χ4n) is 3.82. The average Bonchev–Trinajstić information content (AvgIpc) is 2.87. The van der Waals surface area contributed by atoms with Gasteiger partial charge in [-0.1, -0.05) is 29.8 Å². The highest BCUT2D eigenvalue weighted by Crippen LogP contribution is 2.18. The van der Waals surface area contributed by atoms with Gasteiger partial charge in [-0.3, -0.25) is 24.6 Å². The van der Waals surface area contributed by atoms with Crippen molar-refractivity contribution in [1.29, 1.82) is 5.41 Å². The summed E-state index contributed by atoms with van der Waals surface area (Å²) in [7, 11) is 0. The van der Waals surface area contributed by atoms with Crippen molar-refractivity contribution in [2.45, 2.75) is 51.2 Å². The van der Waals surface area contributed by atoms with E-state index in [9.17, 15) is 23.6 Å². The summed E-state index contributed by atoms with van der Waals surface area (Å²) in [6.45, 7) is 2.61. The molecule has 11 nitrogen and oxygen atoms in total. The Labute approximate surface area is 223 Å². The van der Waals surface area contributed by atoms with Crippen molar-refractivity contribution >= 4 is 45.4 Å². The molecular formula is C24H34BrFN6O5. The molecule has 1 aromatic carbocycles. The number of benzene rings is 1. The van der Waals surface area contributed by atoms with Gasteiger partial charge in [-0.25, -0.2) is 4.39 Å². The van der Waals surface area contributed by atoms with Gasteiger partial charge in [-0.15, -0.1) is 0 Å². The van der Waals surface area contributed by atoms with Gasteiger partial charge in [0.15, 0.2) is 11.7 Å². The number of rotatable bonds is 12. The van der Waals surface area contributed by atoms with Crippen molar-refractivity contribution in [3.05, 3.63) is 34.3 Å². The number of hydrogen-bond acceptors (Lipinski definition) is 6. The van der Waals surface area contributed by atoms with E-state index in [-0.39, 0.29) is 44.6 Å². The topological polar surface area (TPSA) is 167 Å². The molecule has 0 radical (unpaired) electrons. The number of alkyl halides is 1. The third-order valence-electron chi connectivity index (χ3n) is 5.88. The van der Waals surface area contributed by atoms with Crippen LogP contribution in [0.4, 0.5) is 4.39 Å². The lowest BCUT2D eigenvalue weighted by Crippen LogP contribution is -2.60. The van der Waals surface area contributed by atoms with Gasteiger partial charge in [0.25, 0.3) is 5.91 Å². The van der Waals surface area contributed by atoms with E-state index in [1.165, 1.54) is 4.90 Å². The SMILES string of the molecule is CC(C)[C@H](NC(=O)c1ccc(Br)cc1)C(=O)N1COCC[C@H]1C(=O)N[C@@H](CCCNC(=N)N)C(=O)CF. The summed E-state index contributed by atoms with van der Waals surface area (Å²) in [6.07, 6.45) is 0.652. The minimum atomic E-state index is -1.25. The Morgan fingerprint density at radius 3 is 2.49 bits per heavy atom. The summed E-state index contributed by atoms with van der Waals surface area (Å²) in [5.74, 6) is -2.87. The lowest BCUT2D eigenvalue weighted by molar-refractivity contribution is -0.156. The maximum atomic E-state index is 13.5. The van der Waals surface area contributed by atoms with E-state index in [4.69, 9.17) is 15.9 Å². The number of amides is 3. The first-order valence-electron chi connectivity index (χ1n) is 12.0. The fourth-order valence-corrected chi connectivity index (χ4v) is 4.08. The number of guanidine groups is 1. The molecule has 1 aliphatic rings. The van der Waals surface area contributed by atoms with Crippen LogP contribution in [0.5, 0.6) is 0 Å². The zero-order valence-corrected chi connectivity index (χ0v) is 22.5. The van der Waals surface area contributed by atoms with Crippen molar-refractivity contribution in [3.63, 3.8) is 0 Å². The largest absolute Gasteiger partial charge is 0.370 e. The number of nitrogens with two attached hydrogens (primary N) is 1. The van der Waals surface area contributed by atoms with E-state index in [0.717, 1.165) is 4.47 Å². The van der Waals surface area contributed by atoms with E-state index in [1.54, 1.807) is 38.1 Å². The van der Waals surface area contributed by atoms with Gasteiger partial charge in [0.05, 0.1) is 12.6 Å². The van der Waals surface area contributed by atoms with Crippen LogP contribution in [0.3, 0.4) is 0 Å². The Morgan fingerprint density at radius 2 is 1.89 bits per heavy atom. The molecule has 1 aliphatic heterocycles. The van der Waals surface area contributed by atoms with E-state index in [2.05, 4.69) is 31.9 Å². The van der Waals surface area contributed by atoms with Crippen LogP contribution in [0, 0.1) is 11.3 Å². The van der Waals surface area contributed by atoms with E-state index < -0.39 is 48.3 Å². The Balaban J connectivity index is 2.13. The molecule has 0 spiro atoms. The van der Waals surface area contributed by atoms with Crippen LogP contribution in [0.2, 0.25) is 0 Å². The summed E-state index contributed by atoms with van der Waals surface area (Å²) in [4.78, 5) is 52.8. The summed E-state index contributed by atoms with van der Waals surface area (Å²) in [5.41, 5.74) is 5.60. The molecule has 0 bridgehead atoms.